The molecule has 0 unspecified atom stereocenters. The summed E-state index contributed by atoms with van der Waals surface area (Å²) in [7, 11) is 0. The molecule has 0 fully saturated rings. The summed E-state index contributed by atoms with van der Waals surface area (Å²) in [6.45, 7) is 1.04. The number of anilines is 3. The zero-order chi connectivity index (χ0) is 19.8. The summed E-state index contributed by atoms with van der Waals surface area (Å²) in [6.07, 6.45) is 0. The number of nitrogens with one attached hydrogen (secondary N) is 4. The van der Waals surface area contributed by atoms with Crippen molar-refractivity contribution in [2.24, 2.45) is 0 Å². The second-order valence-electron chi connectivity index (χ2n) is 5.45. The molecule has 0 atom stereocenters. The van der Waals surface area contributed by atoms with Crippen LogP contribution >= 0.6 is 15.9 Å². The van der Waals surface area contributed by atoms with E-state index < -0.39 is 17.7 Å². The third kappa shape index (κ3) is 6.90. The molecule has 2 aromatic rings. The van der Waals surface area contributed by atoms with Crippen molar-refractivity contribution in [3.63, 3.8) is 0 Å². The van der Waals surface area contributed by atoms with E-state index in [1.54, 1.807) is 36.4 Å². The highest BCUT2D eigenvalue weighted by Crippen LogP contribution is 2.14. The predicted molar refractivity (Wildman–Crippen MR) is 105 cm³/mol. The van der Waals surface area contributed by atoms with Crippen LogP contribution in [0.1, 0.15) is 6.92 Å². The predicted octanol–water partition coefficient (Wildman–Crippen LogP) is 2.10. The van der Waals surface area contributed by atoms with Crippen molar-refractivity contribution in [3.8, 4) is 0 Å². The molecule has 2 rings (SSSR count). The third-order valence-corrected chi connectivity index (χ3v) is 3.74. The van der Waals surface area contributed by atoms with Crippen molar-refractivity contribution in [3.05, 3.63) is 53.0 Å². The third-order valence-electron chi connectivity index (χ3n) is 3.21. The quantitative estimate of drug-likeness (QED) is 0.541. The highest BCUT2D eigenvalue weighted by molar-refractivity contribution is 9.10. The van der Waals surface area contributed by atoms with Gasteiger partial charge in [-0.1, -0.05) is 15.9 Å². The van der Waals surface area contributed by atoms with Crippen LogP contribution in [0.5, 0.6) is 0 Å². The summed E-state index contributed by atoms with van der Waals surface area (Å²) < 4.78 is 0.871. The minimum atomic E-state index is -0.938. The molecule has 4 N–H and O–H groups in total. The molecule has 0 aliphatic carbocycles. The van der Waals surface area contributed by atoms with Gasteiger partial charge in [0.2, 0.25) is 11.8 Å². The van der Waals surface area contributed by atoms with Gasteiger partial charge in [0.15, 0.2) is 0 Å². The standard InChI is InChI=1S/C18H17BrN4O4/c1-11(24)21-13-6-8-15(9-7-13)23-18(27)17(26)20-10-16(25)22-14-4-2-12(19)3-5-14/h2-9H,10H2,1H3,(H,20,26)(H,21,24)(H,22,25)(H,23,27). The Kier molecular flexibility index (Phi) is 7.07. The average molecular weight is 433 g/mol. The molecule has 0 spiro atoms. The van der Waals surface area contributed by atoms with E-state index in [1.165, 1.54) is 19.1 Å². The zero-order valence-electron chi connectivity index (χ0n) is 14.3. The summed E-state index contributed by atoms with van der Waals surface area (Å²) in [6, 6.07) is 13.2. The van der Waals surface area contributed by atoms with Crippen LogP contribution in [0.4, 0.5) is 17.1 Å². The maximum atomic E-state index is 11.9. The van der Waals surface area contributed by atoms with Gasteiger partial charge >= 0.3 is 11.8 Å². The maximum absolute atomic E-state index is 11.9. The number of hydrogen-bond donors (Lipinski definition) is 4. The van der Waals surface area contributed by atoms with Gasteiger partial charge in [0.25, 0.3) is 0 Å². The first-order chi connectivity index (χ1) is 12.8. The number of carbonyl (C=O) groups is 4. The molecule has 2 aromatic carbocycles. The molecule has 27 heavy (non-hydrogen) atoms. The van der Waals surface area contributed by atoms with Gasteiger partial charge in [-0.05, 0) is 48.5 Å². The molecular weight excluding hydrogens is 416 g/mol. The van der Waals surface area contributed by atoms with Gasteiger partial charge in [0.1, 0.15) is 0 Å². The Morgan fingerprint density at radius 2 is 1.22 bits per heavy atom. The molecule has 0 saturated carbocycles. The molecule has 0 radical (unpaired) electrons. The molecule has 140 valence electrons. The van der Waals surface area contributed by atoms with Gasteiger partial charge in [-0.15, -0.1) is 0 Å². The fourth-order valence-corrected chi connectivity index (χ4v) is 2.27. The lowest BCUT2D eigenvalue weighted by Crippen LogP contribution is -2.39. The zero-order valence-corrected chi connectivity index (χ0v) is 15.9. The van der Waals surface area contributed by atoms with Crippen LogP contribution in [0.25, 0.3) is 0 Å². The van der Waals surface area contributed by atoms with Crippen molar-refractivity contribution in [2.75, 3.05) is 22.5 Å². The molecular formula is C18H17BrN4O4. The number of amides is 4. The Bertz CT molecular complexity index is 851. The molecule has 8 nitrogen and oxygen atoms in total. The number of benzene rings is 2. The highest BCUT2D eigenvalue weighted by Gasteiger charge is 2.15. The monoisotopic (exact) mass is 432 g/mol. The van der Waals surface area contributed by atoms with Gasteiger partial charge in [-0.2, -0.15) is 0 Å². The first-order valence-corrected chi connectivity index (χ1v) is 8.65. The smallest absolute Gasteiger partial charge is 0.313 e. The Morgan fingerprint density at radius 3 is 1.78 bits per heavy atom. The van der Waals surface area contributed by atoms with Crippen LogP contribution in [0.3, 0.4) is 0 Å². The highest BCUT2D eigenvalue weighted by atomic mass is 79.9. The number of carbonyl (C=O) groups excluding carboxylic acids is 4. The largest absolute Gasteiger partial charge is 0.339 e. The fraction of sp³-hybridized carbons (Fsp3) is 0.111. The molecule has 0 aromatic heterocycles. The lowest BCUT2D eigenvalue weighted by Gasteiger charge is -2.08. The van der Waals surface area contributed by atoms with E-state index in [9.17, 15) is 19.2 Å². The van der Waals surface area contributed by atoms with E-state index in [-0.39, 0.29) is 12.5 Å². The van der Waals surface area contributed by atoms with E-state index in [4.69, 9.17) is 0 Å². The Hall–Kier alpha value is -3.20. The van der Waals surface area contributed by atoms with Crippen LogP contribution < -0.4 is 21.3 Å². The van der Waals surface area contributed by atoms with Crippen LogP contribution in [0.15, 0.2) is 53.0 Å². The number of hydrogen-bond acceptors (Lipinski definition) is 4. The van der Waals surface area contributed by atoms with Crippen molar-refractivity contribution >= 4 is 56.6 Å². The normalized spacial score (nSPS) is 9.85. The van der Waals surface area contributed by atoms with Crippen LogP contribution in [0, 0.1) is 0 Å². The van der Waals surface area contributed by atoms with E-state index in [2.05, 4.69) is 37.2 Å². The minimum Gasteiger partial charge on any atom is -0.339 e. The van der Waals surface area contributed by atoms with E-state index in [0.29, 0.717) is 17.1 Å². The van der Waals surface area contributed by atoms with Crippen molar-refractivity contribution in [1.82, 2.24) is 5.32 Å². The topological polar surface area (TPSA) is 116 Å². The number of rotatable bonds is 5. The molecule has 9 heteroatoms. The van der Waals surface area contributed by atoms with Gasteiger partial charge < -0.3 is 21.3 Å². The van der Waals surface area contributed by atoms with Crippen molar-refractivity contribution < 1.29 is 19.2 Å². The van der Waals surface area contributed by atoms with E-state index in [1.807, 2.05) is 0 Å². The second kappa shape index (κ2) is 9.48. The van der Waals surface area contributed by atoms with Gasteiger partial charge in [0.05, 0.1) is 6.54 Å². The molecule has 0 aliphatic heterocycles. The van der Waals surface area contributed by atoms with Crippen LogP contribution in [-0.2, 0) is 19.2 Å². The summed E-state index contributed by atoms with van der Waals surface area (Å²) in [5.74, 6) is -2.52. The molecule has 0 heterocycles. The van der Waals surface area contributed by atoms with Gasteiger partial charge in [-0.25, -0.2) is 0 Å². The van der Waals surface area contributed by atoms with Crippen molar-refractivity contribution in [2.45, 2.75) is 6.92 Å². The first-order valence-electron chi connectivity index (χ1n) is 7.86. The summed E-state index contributed by atoms with van der Waals surface area (Å²) in [5, 5.41) is 9.82. The molecule has 4 amide bonds. The van der Waals surface area contributed by atoms with Crippen LogP contribution in [-0.4, -0.2) is 30.2 Å². The van der Waals surface area contributed by atoms with Gasteiger partial charge in [-0.3, -0.25) is 19.2 Å². The molecule has 0 bridgehead atoms. The van der Waals surface area contributed by atoms with E-state index >= 15 is 0 Å². The average Bonchev–Trinajstić information content (AvgIpc) is 2.62. The van der Waals surface area contributed by atoms with Gasteiger partial charge in [0, 0.05) is 28.5 Å². The first kappa shape index (κ1) is 20.1. The van der Waals surface area contributed by atoms with Crippen molar-refractivity contribution in [1.29, 1.82) is 0 Å². The molecule has 0 saturated heterocycles. The lowest BCUT2D eigenvalue weighted by molar-refractivity contribution is -0.136. The Labute approximate surface area is 163 Å². The lowest BCUT2D eigenvalue weighted by atomic mass is 10.2. The summed E-state index contributed by atoms with van der Waals surface area (Å²) >= 11 is 3.29. The number of halogens is 1. The summed E-state index contributed by atoms with van der Waals surface area (Å²) in [5.41, 5.74) is 1.51. The SMILES string of the molecule is CC(=O)Nc1ccc(NC(=O)C(=O)NCC(=O)Nc2ccc(Br)cc2)cc1. The molecule has 0 aliphatic rings. The van der Waals surface area contributed by atoms with E-state index in [0.717, 1.165) is 4.47 Å². The van der Waals surface area contributed by atoms with Crippen LogP contribution in [0.2, 0.25) is 0 Å². The second-order valence-corrected chi connectivity index (χ2v) is 6.37. The summed E-state index contributed by atoms with van der Waals surface area (Å²) in [4.78, 5) is 46.4. The maximum Gasteiger partial charge on any atom is 0.313 e. The Morgan fingerprint density at radius 1 is 0.741 bits per heavy atom. The minimum absolute atomic E-state index is 0.215. The fourth-order valence-electron chi connectivity index (χ4n) is 2.01. The Balaban J connectivity index is 1.79.